The zero-order valence-electron chi connectivity index (χ0n) is 14.4. The van der Waals surface area contributed by atoms with E-state index in [-0.39, 0.29) is 12.8 Å². The predicted octanol–water partition coefficient (Wildman–Crippen LogP) is 2.64. The summed E-state index contributed by atoms with van der Waals surface area (Å²) >= 11 is 6.85. The average molecular weight is 494 g/mol. The fourth-order valence-electron chi connectivity index (χ4n) is 2.48. The van der Waals surface area contributed by atoms with Crippen molar-refractivity contribution in [2.24, 2.45) is 0 Å². The molecule has 0 aliphatic heterocycles. The molecule has 0 saturated carbocycles. The molecule has 0 heterocycles. The number of carbonyl (C=O) groups is 3. The molecule has 144 valence electrons. The van der Waals surface area contributed by atoms with Crippen LogP contribution in [0.15, 0.2) is 18.2 Å². The Bertz CT molecular complexity index is 648. The first-order chi connectivity index (χ1) is 12.3. The molecule has 1 rings (SSSR count). The van der Waals surface area contributed by atoms with E-state index < -0.39 is 23.9 Å². The minimum absolute atomic E-state index is 0.169. The molecule has 0 bridgehead atoms. The van der Waals surface area contributed by atoms with Crippen LogP contribution in [0.4, 0.5) is 5.69 Å². The van der Waals surface area contributed by atoms with Gasteiger partial charge in [0.1, 0.15) is 6.04 Å². The zero-order valence-corrected chi connectivity index (χ0v) is 17.5. The summed E-state index contributed by atoms with van der Waals surface area (Å²) in [7, 11) is 0. The number of rotatable bonds is 11. The van der Waals surface area contributed by atoms with E-state index >= 15 is 0 Å². The maximum atomic E-state index is 12.3. The normalized spacial score (nSPS) is 11.7. The lowest BCUT2D eigenvalue weighted by Crippen LogP contribution is -2.41. The molecule has 0 aliphatic rings. The number of aryl methyl sites for hydroxylation is 1. The van der Waals surface area contributed by atoms with Crippen molar-refractivity contribution in [3.63, 3.8) is 0 Å². The summed E-state index contributed by atoms with van der Waals surface area (Å²) in [5.74, 6) is -2.90. The Morgan fingerprint density at radius 3 is 2.23 bits per heavy atom. The number of benzene rings is 1. The molecular formula is C17H22Br2N2O5. The summed E-state index contributed by atoms with van der Waals surface area (Å²) in [6, 6.07) is 3.94. The van der Waals surface area contributed by atoms with Crippen LogP contribution in [-0.2, 0) is 9.59 Å². The molecule has 0 saturated heterocycles. The molecule has 1 atom stereocenters. The Morgan fingerprint density at radius 1 is 1.15 bits per heavy atom. The molecule has 1 aromatic carbocycles. The quantitative estimate of drug-likeness (QED) is 0.409. The van der Waals surface area contributed by atoms with Gasteiger partial charge in [-0.1, -0.05) is 31.9 Å². The van der Waals surface area contributed by atoms with Gasteiger partial charge in [-0.05, 0) is 37.1 Å². The third-order valence-electron chi connectivity index (χ3n) is 3.76. The summed E-state index contributed by atoms with van der Waals surface area (Å²) < 4.78 is 0. The number of amides is 1. The summed E-state index contributed by atoms with van der Waals surface area (Å²) in [4.78, 5) is 36.3. The number of nitrogens with zero attached hydrogens (tertiary/aromatic N) is 1. The highest BCUT2D eigenvalue weighted by molar-refractivity contribution is 9.09. The third-order valence-corrected chi connectivity index (χ3v) is 4.47. The minimum atomic E-state index is -1.26. The van der Waals surface area contributed by atoms with Gasteiger partial charge in [0, 0.05) is 41.4 Å². The van der Waals surface area contributed by atoms with Crippen molar-refractivity contribution in [2.45, 2.75) is 25.8 Å². The smallest absolute Gasteiger partial charge is 0.326 e. The van der Waals surface area contributed by atoms with Crippen molar-refractivity contribution in [2.75, 3.05) is 28.6 Å². The summed E-state index contributed by atoms with van der Waals surface area (Å²) in [5.41, 5.74) is 2.24. The predicted molar refractivity (Wildman–Crippen MR) is 107 cm³/mol. The molecule has 9 heteroatoms. The highest BCUT2D eigenvalue weighted by Crippen LogP contribution is 2.22. The SMILES string of the molecule is Cc1cc(C(=O)NC(CCC(=O)O)C(=O)O)ccc1N(CCBr)CCBr. The lowest BCUT2D eigenvalue weighted by molar-refractivity contribution is -0.140. The van der Waals surface area contributed by atoms with Gasteiger partial charge in [-0.25, -0.2) is 4.79 Å². The first-order valence-electron chi connectivity index (χ1n) is 8.03. The van der Waals surface area contributed by atoms with E-state index in [0.29, 0.717) is 5.56 Å². The van der Waals surface area contributed by atoms with Crippen LogP contribution < -0.4 is 10.2 Å². The number of carboxylic acid groups (broad SMARTS) is 2. The van der Waals surface area contributed by atoms with Gasteiger partial charge >= 0.3 is 11.9 Å². The van der Waals surface area contributed by atoms with Crippen molar-refractivity contribution < 1.29 is 24.6 Å². The molecule has 0 fully saturated rings. The van der Waals surface area contributed by atoms with E-state index in [4.69, 9.17) is 10.2 Å². The molecule has 0 aromatic heterocycles. The van der Waals surface area contributed by atoms with Gasteiger partial charge in [0.15, 0.2) is 0 Å². The maximum absolute atomic E-state index is 12.3. The average Bonchev–Trinajstić information content (AvgIpc) is 2.57. The summed E-state index contributed by atoms with van der Waals surface area (Å²) in [6.07, 6.45) is -0.499. The van der Waals surface area contributed by atoms with Crippen LogP contribution in [0.25, 0.3) is 0 Å². The number of aliphatic carboxylic acids is 2. The molecule has 1 unspecified atom stereocenters. The number of hydrogen-bond donors (Lipinski definition) is 3. The number of halogens is 2. The first-order valence-corrected chi connectivity index (χ1v) is 10.3. The number of anilines is 1. The van der Waals surface area contributed by atoms with Gasteiger partial charge in [0.25, 0.3) is 5.91 Å². The molecule has 0 radical (unpaired) electrons. The molecule has 1 amide bonds. The van der Waals surface area contributed by atoms with E-state index in [2.05, 4.69) is 42.1 Å². The molecule has 3 N–H and O–H groups in total. The standard InChI is InChI=1S/C17H22Br2N2O5/c1-11-10-12(2-4-14(11)21(8-6-18)9-7-19)16(24)20-13(17(25)26)3-5-15(22)23/h2,4,10,13H,3,5-9H2,1H3,(H,20,24)(H,22,23)(H,25,26). The Kier molecular flexibility index (Phi) is 9.64. The van der Waals surface area contributed by atoms with E-state index in [1.807, 2.05) is 13.0 Å². The van der Waals surface area contributed by atoms with Crippen molar-refractivity contribution >= 4 is 55.4 Å². The first kappa shape index (κ1) is 22.4. The maximum Gasteiger partial charge on any atom is 0.326 e. The highest BCUT2D eigenvalue weighted by Gasteiger charge is 2.22. The largest absolute Gasteiger partial charge is 0.481 e. The van der Waals surface area contributed by atoms with Crippen LogP contribution in [-0.4, -0.2) is 57.9 Å². The summed E-state index contributed by atoms with van der Waals surface area (Å²) in [6.45, 7) is 3.52. The third kappa shape index (κ3) is 6.95. The van der Waals surface area contributed by atoms with Gasteiger partial charge in [-0.3, -0.25) is 9.59 Å². The molecule has 26 heavy (non-hydrogen) atoms. The van der Waals surface area contributed by atoms with Crippen molar-refractivity contribution in [1.82, 2.24) is 5.32 Å². The Labute approximate surface area is 169 Å². The van der Waals surface area contributed by atoms with Crippen LogP contribution in [0.5, 0.6) is 0 Å². The van der Waals surface area contributed by atoms with Crippen LogP contribution >= 0.6 is 31.9 Å². The lowest BCUT2D eigenvalue weighted by atomic mass is 10.1. The second kappa shape index (κ2) is 11.2. The van der Waals surface area contributed by atoms with Crippen molar-refractivity contribution in [3.8, 4) is 0 Å². The van der Waals surface area contributed by atoms with E-state index in [9.17, 15) is 14.4 Å². The van der Waals surface area contributed by atoms with Crippen LogP contribution in [0.2, 0.25) is 0 Å². The molecule has 1 aromatic rings. The number of carboxylic acids is 2. The van der Waals surface area contributed by atoms with Gasteiger partial charge in [0.05, 0.1) is 0 Å². The highest BCUT2D eigenvalue weighted by atomic mass is 79.9. The van der Waals surface area contributed by atoms with E-state index in [1.165, 1.54) is 0 Å². The van der Waals surface area contributed by atoms with Crippen LogP contribution in [0, 0.1) is 6.92 Å². The minimum Gasteiger partial charge on any atom is -0.481 e. The zero-order chi connectivity index (χ0) is 19.7. The number of alkyl halides is 2. The number of nitrogens with one attached hydrogen (secondary N) is 1. The number of hydrogen-bond acceptors (Lipinski definition) is 4. The van der Waals surface area contributed by atoms with Crippen molar-refractivity contribution in [1.29, 1.82) is 0 Å². The summed E-state index contributed by atoms with van der Waals surface area (Å²) in [5, 5.41) is 21.8. The molecule has 0 aliphatic carbocycles. The Balaban J connectivity index is 2.90. The van der Waals surface area contributed by atoms with Gasteiger partial charge in [-0.15, -0.1) is 0 Å². The topological polar surface area (TPSA) is 107 Å². The Hall–Kier alpha value is -1.61. The van der Waals surface area contributed by atoms with E-state index in [0.717, 1.165) is 35.0 Å². The molecule has 7 nitrogen and oxygen atoms in total. The number of carbonyl (C=O) groups excluding carboxylic acids is 1. The van der Waals surface area contributed by atoms with Crippen molar-refractivity contribution in [3.05, 3.63) is 29.3 Å². The van der Waals surface area contributed by atoms with Crippen LogP contribution in [0.1, 0.15) is 28.8 Å². The van der Waals surface area contributed by atoms with Gasteiger partial charge in [-0.2, -0.15) is 0 Å². The second-order valence-corrected chi connectivity index (χ2v) is 7.25. The Morgan fingerprint density at radius 2 is 1.77 bits per heavy atom. The van der Waals surface area contributed by atoms with Gasteiger partial charge in [0.2, 0.25) is 0 Å². The van der Waals surface area contributed by atoms with E-state index in [1.54, 1.807) is 12.1 Å². The molecular weight excluding hydrogens is 472 g/mol. The monoisotopic (exact) mass is 492 g/mol. The van der Waals surface area contributed by atoms with Gasteiger partial charge < -0.3 is 20.4 Å². The fourth-order valence-corrected chi connectivity index (χ4v) is 3.33. The van der Waals surface area contributed by atoms with Crippen LogP contribution in [0.3, 0.4) is 0 Å². The fraction of sp³-hybridized carbons (Fsp3) is 0.471. The molecule has 0 spiro atoms. The lowest BCUT2D eigenvalue weighted by Gasteiger charge is -2.25. The second-order valence-electron chi connectivity index (χ2n) is 5.66.